The van der Waals surface area contributed by atoms with Crippen molar-refractivity contribution in [3.8, 4) is 0 Å². The minimum absolute atomic E-state index is 0.240. The number of nitrogens with zero attached hydrogens (tertiary/aromatic N) is 3. The number of nitrogens with one attached hydrogen (secondary N) is 1. The molecule has 3 N–H and O–H groups in total. The van der Waals surface area contributed by atoms with Crippen LogP contribution in [0.4, 0.5) is 5.82 Å². The van der Waals surface area contributed by atoms with Gasteiger partial charge >= 0.3 is 0 Å². The summed E-state index contributed by atoms with van der Waals surface area (Å²) in [5, 5.41) is 7.64. The van der Waals surface area contributed by atoms with Crippen molar-refractivity contribution >= 4 is 11.5 Å². The van der Waals surface area contributed by atoms with Gasteiger partial charge in [0.2, 0.25) is 0 Å². The largest absolute Gasteiger partial charge is 0.366 e. The minimum atomic E-state index is 0.240. The SMILES string of the molecule is Cc1cc(NC(CN)C(C)C)n2ncnc2c1. The minimum Gasteiger partial charge on any atom is -0.366 e. The Balaban J connectivity index is 2.37. The summed E-state index contributed by atoms with van der Waals surface area (Å²) in [5.74, 6) is 1.42. The van der Waals surface area contributed by atoms with Crippen LogP contribution in [0.25, 0.3) is 5.65 Å². The third-order valence-electron chi connectivity index (χ3n) is 2.92. The molecule has 1 unspecified atom stereocenters. The van der Waals surface area contributed by atoms with Crippen molar-refractivity contribution in [2.45, 2.75) is 26.8 Å². The summed E-state index contributed by atoms with van der Waals surface area (Å²) in [6.07, 6.45) is 1.56. The monoisotopic (exact) mass is 233 g/mol. The topological polar surface area (TPSA) is 68.2 Å². The van der Waals surface area contributed by atoms with Gasteiger partial charge in [0.05, 0.1) is 0 Å². The van der Waals surface area contributed by atoms with E-state index in [-0.39, 0.29) is 6.04 Å². The van der Waals surface area contributed by atoms with Gasteiger partial charge in [-0.15, -0.1) is 0 Å². The first-order chi connectivity index (χ1) is 8.11. The van der Waals surface area contributed by atoms with E-state index in [1.54, 1.807) is 10.8 Å². The second kappa shape index (κ2) is 4.71. The van der Waals surface area contributed by atoms with Crippen LogP contribution in [-0.4, -0.2) is 27.2 Å². The molecule has 2 heterocycles. The van der Waals surface area contributed by atoms with Gasteiger partial charge in [0.15, 0.2) is 5.65 Å². The Morgan fingerprint density at radius 3 is 2.82 bits per heavy atom. The maximum absolute atomic E-state index is 5.77. The Labute approximate surface area is 101 Å². The lowest BCUT2D eigenvalue weighted by Crippen LogP contribution is -2.34. The summed E-state index contributed by atoms with van der Waals surface area (Å²) in [4.78, 5) is 4.20. The molecule has 92 valence electrons. The van der Waals surface area contributed by atoms with Gasteiger partial charge in [-0.2, -0.15) is 9.61 Å². The number of rotatable bonds is 4. The molecule has 1 atom stereocenters. The molecule has 5 nitrogen and oxygen atoms in total. The van der Waals surface area contributed by atoms with Crippen LogP contribution in [0.5, 0.6) is 0 Å². The Morgan fingerprint density at radius 1 is 1.41 bits per heavy atom. The fraction of sp³-hybridized carbons (Fsp3) is 0.500. The Bertz CT molecular complexity index is 503. The number of aryl methyl sites for hydroxylation is 1. The lowest BCUT2D eigenvalue weighted by atomic mass is 10.0. The second-order valence-corrected chi connectivity index (χ2v) is 4.68. The number of aromatic nitrogens is 3. The van der Waals surface area contributed by atoms with Crippen LogP contribution in [0.2, 0.25) is 0 Å². The van der Waals surface area contributed by atoms with Crippen LogP contribution in [0.1, 0.15) is 19.4 Å². The lowest BCUT2D eigenvalue weighted by Gasteiger charge is -2.22. The smallest absolute Gasteiger partial charge is 0.157 e. The number of hydrogen-bond donors (Lipinski definition) is 2. The lowest BCUT2D eigenvalue weighted by molar-refractivity contribution is 0.528. The average Bonchev–Trinajstić information content (AvgIpc) is 2.72. The van der Waals surface area contributed by atoms with Crippen molar-refractivity contribution < 1.29 is 0 Å². The Hall–Kier alpha value is -1.62. The summed E-state index contributed by atoms with van der Waals surface area (Å²) in [5.41, 5.74) is 7.78. The zero-order chi connectivity index (χ0) is 12.4. The molecule has 0 radical (unpaired) electrons. The molecule has 0 aliphatic carbocycles. The molecule has 17 heavy (non-hydrogen) atoms. The van der Waals surface area contributed by atoms with Crippen LogP contribution in [0.15, 0.2) is 18.5 Å². The van der Waals surface area contributed by atoms with E-state index in [4.69, 9.17) is 5.73 Å². The van der Waals surface area contributed by atoms with Gasteiger partial charge < -0.3 is 11.1 Å². The molecule has 2 rings (SSSR count). The molecule has 0 fully saturated rings. The molecule has 0 aromatic carbocycles. The van der Waals surface area contributed by atoms with Gasteiger partial charge in [-0.25, -0.2) is 4.98 Å². The normalized spacial score (nSPS) is 13.2. The van der Waals surface area contributed by atoms with E-state index in [0.717, 1.165) is 17.0 Å². The van der Waals surface area contributed by atoms with Gasteiger partial charge in [0.1, 0.15) is 12.1 Å². The predicted octanol–water partition coefficient (Wildman–Crippen LogP) is 1.43. The van der Waals surface area contributed by atoms with E-state index in [1.165, 1.54) is 0 Å². The molecule has 0 bridgehead atoms. The summed E-state index contributed by atoms with van der Waals surface area (Å²) < 4.78 is 1.80. The highest BCUT2D eigenvalue weighted by Gasteiger charge is 2.13. The number of pyridine rings is 1. The molecule has 0 aliphatic heterocycles. The highest BCUT2D eigenvalue weighted by molar-refractivity contribution is 5.51. The first kappa shape index (κ1) is 11.9. The van der Waals surface area contributed by atoms with Crippen molar-refractivity contribution in [3.63, 3.8) is 0 Å². The van der Waals surface area contributed by atoms with Gasteiger partial charge in [0, 0.05) is 12.6 Å². The average molecular weight is 233 g/mol. The van der Waals surface area contributed by atoms with Crippen molar-refractivity contribution in [3.05, 3.63) is 24.0 Å². The van der Waals surface area contributed by atoms with Crippen LogP contribution in [-0.2, 0) is 0 Å². The zero-order valence-corrected chi connectivity index (χ0v) is 10.5. The molecule has 0 spiro atoms. The Kier molecular flexibility index (Phi) is 3.28. The van der Waals surface area contributed by atoms with Gasteiger partial charge in [-0.3, -0.25) is 0 Å². The number of anilines is 1. The van der Waals surface area contributed by atoms with Crippen LogP contribution >= 0.6 is 0 Å². The van der Waals surface area contributed by atoms with Gasteiger partial charge in [-0.05, 0) is 30.5 Å². The summed E-state index contributed by atoms with van der Waals surface area (Å²) in [6, 6.07) is 4.31. The second-order valence-electron chi connectivity index (χ2n) is 4.68. The first-order valence-corrected chi connectivity index (χ1v) is 5.89. The molecule has 2 aromatic heterocycles. The fourth-order valence-electron chi connectivity index (χ4n) is 1.85. The first-order valence-electron chi connectivity index (χ1n) is 5.89. The molecule has 0 amide bonds. The fourth-order valence-corrected chi connectivity index (χ4v) is 1.85. The molecule has 5 heteroatoms. The zero-order valence-electron chi connectivity index (χ0n) is 10.5. The maximum Gasteiger partial charge on any atom is 0.157 e. The molecule has 0 aliphatic rings. The van der Waals surface area contributed by atoms with Gasteiger partial charge in [0.25, 0.3) is 0 Å². The number of hydrogen-bond acceptors (Lipinski definition) is 4. The highest BCUT2D eigenvalue weighted by Crippen LogP contribution is 2.16. The van der Waals surface area contributed by atoms with Crippen LogP contribution in [0, 0.1) is 12.8 Å². The summed E-state index contributed by atoms with van der Waals surface area (Å²) in [7, 11) is 0. The van der Waals surface area contributed by atoms with Crippen molar-refractivity contribution in [2.75, 3.05) is 11.9 Å². The third kappa shape index (κ3) is 2.39. The van der Waals surface area contributed by atoms with Crippen molar-refractivity contribution in [1.29, 1.82) is 0 Å². The van der Waals surface area contributed by atoms with Crippen LogP contribution in [0.3, 0.4) is 0 Å². The molecule has 2 aromatic rings. The Morgan fingerprint density at radius 2 is 2.18 bits per heavy atom. The van der Waals surface area contributed by atoms with E-state index < -0.39 is 0 Å². The summed E-state index contributed by atoms with van der Waals surface area (Å²) >= 11 is 0. The molecular weight excluding hydrogens is 214 g/mol. The van der Waals surface area contributed by atoms with Gasteiger partial charge in [-0.1, -0.05) is 13.8 Å². The number of fused-ring (bicyclic) bond motifs is 1. The van der Waals surface area contributed by atoms with E-state index in [1.807, 2.05) is 13.0 Å². The summed E-state index contributed by atoms with van der Waals surface area (Å²) in [6.45, 7) is 6.95. The van der Waals surface area contributed by atoms with E-state index >= 15 is 0 Å². The third-order valence-corrected chi connectivity index (χ3v) is 2.92. The molecule has 0 saturated heterocycles. The highest BCUT2D eigenvalue weighted by atomic mass is 15.3. The quantitative estimate of drug-likeness (QED) is 0.838. The predicted molar refractivity (Wildman–Crippen MR) is 69.0 cm³/mol. The van der Waals surface area contributed by atoms with Crippen molar-refractivity contribution in [2.24, 2.45) is 11.7 Å². The molecular formula is C12H19N5. The van der Waals surface area contributed by atoms with Crippen LogP contribution < -0.4 is 11.1 Å². The van der Waals surface area contributed by atoms with E-state index in [0.29, 0.717) is 12.5 Å². The number of nitrogens with two attached hydrogens (primary N) is 1. The molecule has 0 saturated carbocycles. The standard InChI is InChI=1S/C12H19N5/c1-8(2)10(6-13)16-12-5-9(3)4-11-14-7-15-17(11)12/h4-5,7-8,10,16H,6,13H2,1-3H3. The van der Waals surface area contributed by atoms with E-state index in [9.17, 15) is 0 Å². The maximum atomic E-state index is 5.77. The van der Waals surface area contributed by atoms with Crippen molar-refractivity contribution in [1.82, 2.24) is 14.6 Å². The van der Waals surface area contributed by atoms with E-state index in [2.05, 4.69) is 35.3 Å².